The molecule has 0 saturated carbocycles. The number of hydrogen-bond acceptors (Lipinski definition) is 4. The van der Waals surface area contributed by atoms with Crippen molar-refractivity contribution in [2.75, 3.05) is 14.2 Å². The van der Waals surface area contributed by atoms with E-state index >= 15 is 0 Å². The Morgan fingerprint density at radius 3 is 1.92 bits per heavy atom. The monoisotopic (exact) mass is 338 g/mol. The highest BCUT2D eigenvalue weighted by molar-refractivity contribution is 6.00. The predicted octanol–water partition coefficient (Wildman–Crippen LogP) is 3.67. The Kier molecular flexibility index (Phi) is 6.52. The van der Waals surface area contributed by atoms with Crippen LogP contribution in [-0.4, -0.2) is 26.2 Å². The third-order valence-corrected chi connectivity index (χ3v) is 4.08. The van der Waals surface area contributed by atoms with E-state index in [2.05, 4.69) is 0 Å². The molecule has 25 heavy (non-hydrogen) atoms. The molecule has 0 atom stereocenters. The Labute approximate surface area is 148 Å². The minimum absolute atomic E-state index is 0.191. The summed E-state index contributed by atoms with van der Waals surface area (Å²) in [5, 5.41) is 0. The SMILES string of the molecule is COC(=O)C(C/C=C/c1ccccc1)(Cc1ccccc1)C(=O)OC. The Morgan fingerprint density at radius 2 is 1.40 bits per heavy atom. The molecule has 0 radical (unpaired) electrons. The van der Waals surface area contributed by atoms with Gasteiger partial charge >= 0.3 is 11.9 Å². The van der Waals surface area contributed by atoms with Gasteiger partial charge in [-0.25, -0.2) is 0 Å². The van der Waals surface area contributed by atoms with Gasteiger partial charge in [0.15, 0.2) is 5.41 Å². The minimum Gasteiger partial charge on any atom is -0.468 e. The molecule has 0 amide bonds. The predicted molar refractivity (Wildman–Crippen MR) is 96.7 cm³/mol. The van der Waals surface area contributed by atoms with Gasteiger partial charge in [-0.3, -0.25) is 9.59 Å². The highest BCUT2D eigenvalue weighted by atomic mass is 16.5. The van der Waals surface area contributed by atoms with Gasteiger partial charge < -0.3 is 9.47 Å². The lowest BCUT2D eigenvalue weighted by molar-refractivity contribution is -0.168. The molecule has 0 aliphatic heterocycles. The molecule has 2 aromatic carbocycles. The molecular weight excluding hydrogens is 316 g/mol. The lowest BCUT2D eigenvalue weighted by Gasteiger charge is -2.27. The summed E-state index contributed by atoms with van der Waals surface area (Å²) in [6, 6.07) is 19.1. The highest BCUT2D eigenvalue weighted by Crippen LogP contribution is 2.32. The Balaban J connectivity index is 2.33. The molecule has 0 aromatic heterocycles. The van der Waals surface area contributed by atoms with Gasteiger partial charge in [0.05, 0.1) is 14.2 Å². The number of benzene rings is 2. The lowest BCUT2D eigenvalue weighted by Crippen LogP contribution is -2.42. The van der Waals surface area contributed by atoms with Gasteiger partial charge in [-0.15, -0.1) is 0 Å². The average molecular weight is 338 g/mol. The van der Waals surface area contributed by atoms with Crippen LogP contribution in [0.1, 0.15) is 17.5 Å². The van der Waals surface area contributed by atoms with Crippen molar-refractivity contribution in [3.63, 3.8) is 0 Å². The average Bonchev–Trinajstić information content (AvgIpc) is 2.67. The van der Waals surface area contributed by atoms with Crippen molar-refractivity contribution in [3.05, 3.63) is 77.9 Å². The topological polar surface area (TPSA) is 52.6 Å². The van der Waals surface area contributed by atoms with Crippen LogP contribution in [0.5, 0.6) is 0 Å². The summed E-state index contributed by atoms with van der Waals surface area (Å²) in [5.41, 5.74) is 0.452. The van der Waals surface area contributed by atoms with Crippen molar-refractivity contribution in [2.45, 2.75) is 12.8 Å². The van der Waals surface area contributed by atoms with E-state index in [0.29, 0.717) is 0 Å². The van der Waals surface area contributed by atoms with E-state index in [1.54, 1.807) is 0 Å². The number of carbonyl (C=O) groups is 2. The first-order valence-electron chi connectivity index (χ1n) is 8.05. The number of methoxy groups -OCH3 is 2. The van der Waals surface area contributed by atoms with E-state index in [4.69, 9.17) is 9.47 Å². The molecule has 0 saturated heterocycles. The van der Waals surface area contributed by atoms with Crippen LogP contribution >= 0.6 is 0 Å². The van der Waals surface area contributed by atoms with Crippen molar-refractivity contribution < 1.29 is 19.1 Å². The number of hydrogen-bond donors (Lipinski definition) is 0. The molecular formula is C21H22O4. The summed E-state index contributed by atoms with van der Waals surface area (Å²) in [5.74, 6) is -1.19. The first-order chi connectivity index (χ1) is 12.1. The fourth-order valence-corrected chi connectivity index (χ4v) is 2.76. The zero-order valence-electron chi connectivity index (χ0n) is 14.5. The summed E-state index contributed by atoms with van der Waals surface area (Å²) in [6.07, 6.45) is 4.10. The van der Waals surface area contributed by atoms with Crippen molar-refractivity contribution in [2.24, 2.45) is 5.41 Å². The van der Waals surface area contributed by atoms with E-state index in [0.717, 1.165) is 11.1 Å². The zero-order valence-corrected chi connectivity index (χ0v) is 14.5. The molecule has 0 bridgehead atoms. The number of carbonyl (C=O) groups excluding carboxylic acids is 2. The van der Waals surface area contributed by atoms with Crippen LogP contribution in [0.25, 0.3) is 6.08 Å². The van der Waals surface area contributed by atoms with Crippen LogP contribution < -0.4 is 0 Å². The second-order valence-corrected chi connectivity index (χ2v) is 5.74. The maximum absolute atomic E-state index is 12.5. The van der Waals surface area contributed by atoms with Crippen LogP contribution in [0.15, 0.2) is 66.7 Å². The maximum atomic E-state index is 12.5. The molecule has 0 heterocycles. The number of ether oxygens (including phenoxy) is 2. The quantitative estimate of drug-likeness (QED) is 0.571. The van der Waals surface area contributed by atoms with Crippen LogP contribution in [0.4, 0.5) is 0 Å². The Morgan fingerprint density at radius 1 is 0.880 bits per heavy atom. The van der Waals surface area contributed by atoms with Crippen molar-refractivity contribution in [3.8, 4) is 0 Å². The Bertz CT molecular complexity index is 704. The van der Waals surface area contributed by atoms with Gasteiger partial charge in [0.25, 0.3) is 0 Å². The summed E-state index contributed by atoms with van der Waals surface area (Å²) >= 11 is 0. The fourth-order valence-electron chi connectivity index (χ4n) is 2.76. The van der Waals surface area contributed by atoms with Crippen molar-refractivity contribution in [1.29, 1.82) is 0 Å². The van der Waals surface area contributed by atoms with E-state index in [9.17, 15) is 9.59 Å². The van der Waals surface area contributed by atoms with Gasteiger partial charge in [-0.1, -0.05) is 72.8 Å². The second kappa shape index (κ2) is 8.83. The van der Waals surface area contributed by atoms with Crippen LogP contribution in [0, 0.1) is 5.41 Å². The minimum atomic E-state index is -1.41. The Hall–Kier alpha value is -2.88. The highest BCUT2D eigenvalue weighted by Gasteiger charge is 2.47. The number of allylic oxidation sites excluding steroid dienone is 1. The summed E-state index contributed by atoms with van der Waals surface area (Å²) in [7, 11) is 2.57. The number of esters is 2. The molecule has 2 rings (SSSR count). The maximum Gasteiger partial charge on any atom is 0.323 e. The van der Waals surface area contributed by atoms with Crippen LogP contribution in [0.2, 0.25) is 0 Å². The molecule has 0 spiro atoms. The molecule has 0 aliphatic carbocycles. The first-order valence-corrected chi connectivity index (χ1v) is 8.05. The number of rotatable bonds is 7. The van der Waals surface area contributed by atoms with E-state index < -0.39 is 17.4 Å². The molecule has 0 unspecified atom stereocenters. The van der Waals surface area contributed by atoms with Gasteiger partial charge in [0, 0.05) is 0 Å². The third kappa shape index (κ3) is 4.57. The van der Waals surface area contributed by atoms with Crippen LogP contribution in [0.3, 0.4) is 0 Å². The molecule has 130 valence electrons. The normalized spacial score (nSPS) is 11.3. The molecule has 0 fully saturated rings. The smallest absolute Gasteiger partial charge is 0.323 e. The van der Waals surface area contributed by atoms with E-state index in [1.807, 2.05) is 72.8 Å². The lowest BCUT2D eigenvalue weighted by atomic mass is 9.78. The zero-order chi connectivity index (χ0) is 18.1. The van der Waals surface area contributed by atoms with Gasteiger partial charge in [-0.2, -0.15) is 0 Å². The summed E-state index contributed by atoms with van der Waals surface area (Å²) < 4.78 is 9.88. The molecule has 0 aliphatic rings. The molecule has 0 N–H and O–H groups in total. The second-order valence-electron chi connectivity index (χ2n) is 5.74. The fraction of sp³-hybridized carbons (Fsp3) is 0.238. The van der Waals surface area contributed by atoms with Crippen LogP contribution in [-0.2, 0) is 25.5 Å². The largest absolute Gasteiger partial charge is 0.468 e. The summed E-state index contributed by atoms with van der Waals surface area (Å²) in [4.78, 5) is 25.0. The van der Waals surface area contributed by atoms with Gasteiger partial charge in [-0.05, 0) is 24.0 Å². The van der Waals surface area contributed by atoms with Gasteiger partial charge in [0.1, 0.15) is 0 Å². The van der Waals surface area contributed by atoms with Crippen molar-refractivity contribution in [1.82, 2.24) is 0 Å². The van der Waals surface area contributed by atoms with Crippen molar-refractivity contribution >= 4 is 18.0 Å². The molecule has 2 aromatic rings. The molecule has 4 heteroatoms. The standard InChI is InChI=1S/C21H22O4/c1-24-19(22)21(20(23)25-2,16-18-12-7-4-8-13-18)15-9-14-17-10-5-3-6-11-17/h3-14H,15-16H2,1-2H3/b14-9+. The summed E-state index contributed by atoms with van der Waals surface area (Å²) in [6.45, 7) is 0. The van der Waals surface area contributed by atoms with E-state index in [-0.39, 0.29) is 12.8 Å². The first kappa shape index (κ1) is 18.5. The molecule has 4 nitrogen and oxygen atoms in total. The van der Waals surface area contributed by atoms with E-state index in [1.165, 1.54) is 14.2 Å². The third-order valence-electron chi connectivity index (χ3n) is 4.08. The van der Waals surface area contributed by atoms with Gasteiger partial charge in [0.2, 0.25) is 0 Å².